The summed E-state index contributed by atoms with van der Waals surface area (Å²) in [7, 11) is 1.60. The van der Waals surface area contributed by atoms with Crippen LogP contribution in [0.5, 0.6) is 0 Å². The van der Waals surface area contributed by atoms with Gasteiger partial charge in [0.1, 0.15) is 11.1 Å². The molecule has 0 atom stereocenters. The summed E-state index contributed by atoms with van der Waals surface area (Å²) in [6.07, 6.45) is 2.83. The van der Waals surface area contributed by atoms with Crippen LogP contribution in [0.1, 0.15) is 5.69 Å². The highest BCUT2D eigenvalue weighted by molar-refractivity contribution is 7.99. The van der Waals surface area contributed by atoms with Crippen LogP contribution in [0.4, 0.5) is 0 Å². The van der Waals surface area contributed by atoms with Gasteiger partial charge in [-0.15, -0.1) is 5.10 Å². The maximum atomic E-state index is 11.1. The molecule has 0 radical (unpaired) electrons. The Balaban J connectivity index is 2.24. The van der Waals surface area contributed by atoms with E-state index in [1.165, 1.54) is 28.7 Å². The first kappa shape index (κ1) is 10.4. The summed E-state index contributed by atoms with van der Waals surface area (Å²) in [5.41, 5.74) is -0.0376. The summed E-state index contributed by atoms with van der Waals surface area (Å²) in [6.45, 7) is 0. The van der Waals surface area contributed by atoms with Crippen LogP contribution in [0.15, 0.2) is 27.4 Å². The summed E-state index contributed by atoms with van der Waals surface area (Å²) in [6, 6.07) is 1.87. The molecule has 8 heteroatoms. The number of hydrogen-bond acceptors (Lipinski definition) is 6. The fraction of sp³-hybridized carbons (Fsp3) is 0.125. The molecule has 0 saturated heterocycles. The normalized spacial score (nSPS) is 10.0. The van der Waals surface area contributed by atoms with Crippen molar-refractivity contribution in [1.82, 2.24) is 24.7 Å². The Morgan fingerprint density at radius 2 is 2.31 bits per heavy atom. The number of rotatable bonds is 2. The van der Waals surface area contributed by atoms with Crippen molar-refractivity contribution in [3.8, 4) is 6.07 Å². The first-order valence-corrected chi connectivity index (χ1v) is 5.04. The van der Waals surface area contributed by atoms with E-state index in [1.54, 1.807) is 7.05 Å². The Labute approximate surface area is 94.2 Å². The van der Waals surface area contributed by atoms with E-state index in [1.807, 2.05) is 6.07 Å². The average Bonchev–Trinajstić information content (AvgIpc) is 2.62. The van der Waals surface area contributed by atoms with Crippen molar-refractivity contribution in [2.24, 2.45) is 7.05 Å². The maximum absolute atomic E-state index is 11.1. The highest BCUT2D eigenvalue weighted by Gasteiger charge is 2.07. The molecule has 0 amide bonds. The monoisotopic (exact) mass is 234 g/mol. The Morgan fingerprint density at radius 1 is 1.50 bits per heavy atom. The zero-order valence-electron chi connectivity index (χ0n) is 8.21. The van der Waals surface area contributed by atoms with Crippen LogP contribution in [-0.4, -0.2) is 24.7 Å². The molecule has 0 aliphatic rings. The molecule has 0 fully saturated rings. The van der Waals surface area contributed by atoms with Crippen LogP contribution in [0.25, 0.3) is 0 Å². The molecular formula is C8H6N6OS. The molecule has 0 unspecified atom stereocenters. The lowest BCUT2D eigenvalue weighted by atomic mass is 10.5. The van der Waals surface area contributed by atoms with Gasteiger partial charge in [-0.25, -0.2) is 19.9 Å². The van der Waals surface area contributed by atoms with Crippen molar-refractivity contribution in [2.75, 3.05) is 0 Å². The molecule has 2 heterocycles. The van der Waals surface area contributed by atoms with Crippen LogP contribution in [0.3, 0.4) is 0 Å². The highest BCUT2D eigenvalue weighted by Crippen LogP contribution is 2.20. The zero-order chi connectivity index (χ0) is 11.5. The SMILES string of the molecule is Cn1c(Sc2cnc(C#N)cn2)n[nH]c1=O. The van der Waals surface area contributed by atoms with Crippen LogP contribution >= 0.6 is 11.8 Å². The Kier molecular flexibility index (Phi) is 2.70. The standard InChI is InChI=1S/C8H6N6OS/c1-14-7(15)12-13-8(14)16-6-4-10-5(2-9)3-11-6/h3-4H,1H3,(H,12,15). The molecular weight excluding hydrogens is 228 g/mol. The lowest BCUT2D eigenvalue weighted by molar-refractivity contribution is 0.764. The van der Waals surface area contributed by atoms with Gasteiger partial charge in [-0.1, -0.05) is 0 Å². The zero-order valence-corrected chi connectivity index (χ0v) is 9.02. The maximum Gasteiger partial charge on any atom is 0.343 e. The van der Waals surface area contributed by atoms with Crippen LogP contribution < -0.4 is 5.69 Å². The van der Waals surface area contributed by atoms with Gasteiger partial charge >= 0.3 is 5.69 Å². The summed E-state index contributed by atoms with van der Waals surface area (Å²) in [5, 5.41) is 15.7. The summed E-state index contributed by atoms with van der Waals surface area (Å²) >= 11 is 1.19. The average molecular weight is 234 g/mol. The van der Waals surface area contributed by atoms with E-state index in [-0.39, 0.29) is 11.4 Å². The van der Waals surface area contributed by atoms with Crippen molar-refractivity contribution in [3.63, 3.8) is 0 Å². The number of nitrogens with zero attached hydrogens (tertiary/aromatic N) is 5. The van der Waals surface area contributed by atoms with Gasteiger partial charge in [0.25, 0.3) is 0 Å². The molecule has 0 bridgehead atoms. The summed E-state index contributed by atoms with van der Waals surface area (Å²) in [4.78, 5) is 18.9. The third kappa shape index (κ3) is 1.94. The Hall–Kier alpha value is -2.14. The van der Waals surface area contributed by atoms with Crippen molar-refractivity contribution >= 4 is 11.8 Å². The molecule has 0 aliphatic heterocycles. The van der Waals surface area contributed by atoms with E-state index in [9.17, 15) is 4.79 Å². The van der Waals surface area contributed by atoms with Gasteiger partial charge < -0.3 is 0 Å². The predicted octanol–water partition coefficient (Wildman–Crippen LogP) is -0.0787. The number of nitrogens with one attached hydrogen (secondary N) is 1. The number of aromatic amines is 1. The molecule has 2 aromatic heterocycles. The van der Waals surface area contributed by atoms with E-state index in [0.717, 1.165) is 0 Å². The third-order valence-corrected chi connectivity index (χ3v) is 2.74. The molecule has 0 aromatic carbocycles. The Bertz CT molecular complexity index is 592. The molecule has 7 nitrogen and oxygen atoms in total. The van der Waals surface area contributed by atoms with Crippen molar-refractivity contribution in [3.05, 3.63) is 28.6 Å². The summed E-state index contributed by atoms with van der Waals surface area (Å²) in [5.74, 6) is 0. The minimum absolute atomic E-state index is 0.250. The van der Waals surface area contributed by atoms with E-state index in [0.29, 0.717) is 10.2 Å². The van der Waals surface area contributed by atoms with E-state index >= 15 is 0 Å². The number of aromatic nitrogens is 5. The minimum atomic E-state index is -0.288. The van der Waals surface area contributed by atoms with Crippen molar-refractivity contribution in [1.29, 1.82) is 5.26 Å². The second-order valence-corrected chi connectivity index (χ2v) is 3.81. The fourth-order valence-corrected chi connectivity index (χ4v) is 1.65. The first-order valence-electron chi connectivity index (χ1n) is 4.22. The first-order chi connectivity index (χ1) is 7.70. The minimum Gasteiger partial charge on any atom is -0.273 e. The number of nitriles is 1. The largest absolute Gasteiger partial charge is 0.343 e. The molecule has 0 aliphatic carbocycles. The summed E-state index contributed by atoms with van der Waals surface area (Å²) < 4.78 is 1.37. The molecule has 2 aromatic rings. The quantitative estimate of drug-likeness (QED) is 0.780. The highest BCUT2D eigenvalue weighted by atomic mass is 32.2. The van der Waals surface area contributed by atoms with Crippen LogP contribution in [0, 0.1) is 11.3 Å². The molecule has 16 heavy (non-hydrogen) atoms. The number of H-pyrrole nitrogens is 1. The topological polar surface area (TPSA) is 100 Å². The molecule has 0 spiro atoms. The van der Waals surface area contributed by atoms with E-state index in [2.05, 4.69) is 20.2 Å². The second-order valence-electron chi connectivity index (χ2n) is 2.82. The molecule has 2 rings (SSSR count). The van der Waals surface area contributed by atoms with Gasteiger partial charge in [0.15, 0.2) is 10.9 Å². The fourth-order valence-electron chi connectivity index (χ4n) is 0.944. The van der Waals surface area contributed by atoms with Gasteiger partial charge in [0, 0.05) is 7.05 Å². The smallest absolute Gasteiger partial charge is 0.273 e. The molecule has 1 N–H and O–H groups in total. The number of hydrogen-bond donors (Lipinski definition) is 1. The van der Waals surface area contributed by atoms with Crippen molar-refractivity contribution in [2.45, 2.75) is 10.2 Å². The van der Waals surface area contributed by atoms with Gasteiger partial charge in [0.05, 0.1) is 12.4 Å². The third-order valence-electron chi connectivity index (χ3n) is 1.78. The predicted molar refractivity (Wildman–Crippen MR) is 54.7 cm³/mol. The van der Waals surface area contributed by atoms with E-state index in [4.69, 9.17) is 5.26 Å². The van der Waals surface area contributed by atoms with Crippen molar-refractivity contribution < 1.29 is 0 Å². The van der Waals surface area contributed by atoms with Gasteiger partial charge in [-0.2, -0.15) is 5.26 Å². The van der Waals surface area contributed by atoms with Crippen LogP contribution in [-0.2, 0) is 7.05 Å². The lowest BCUT2D eigenvalue weighted by Gasteiger charge is -1.97. The lowest BCUT2D eigenvalue weighted by Crippen LogP contribution is -2.12. The van der Waals surface area contributed by atoms with Gasteiger partial charge in [-0.3, -0.25) is 4.57 Å². The van der Waals surface area contributed by atoms with E-state index < -0.39 is 0 Å². The van der Waals surface area contributed by atoms with Gasteiger partial charge in [0.2, 0.25) is 0 Å². The van der Waals surface area contributed by atoms with Gasteiger partial charge in [-0.05, 0) is 11.8 Å². The van der Waals surface area contributed by atoms with Crippen LogP contribution in [0.2, 0.25) is 0 Å². The second kappa shape index (κ2) is 4.16. The Morgan fingerprint density at radius 3 is 2.81 bits per heavy atom. The molecule has 0 saturated carbocycles. The molecule has 80 valence electrons.